The summed E-state index contributed by atoms with van der Waals surface area (Å²) in [6, 6.07) is 7.45. The lowest BCUT2D eigenvalue weighted by atomic mass is 9.68. The Morgan fingerprint density at radius 1 is 1.21 bits per heavy atom. The van der Waals surface area contributed by atoms with Gasteiger partial charge in [-0.25, -0.2) is 8.78 Å². The summed E-state index contributed by atoms with van der Waals surface area (Å²) in [5.74, 6) is -0.602. The number of fused-ring (bicyclic) bond motifs is 4. The predicted molar refractivity (Wildman–Crippen MR) is 157 cm³/mol. The molecule has 4 heterocycles. The van der Waals surface area contributed by atoms with E-state index >= 15 is 4.39 Å². The second-order valence-corrected chi connectivity index (χ2v) is 13.4. The largest absolute Gasteiger partial charge is 0.461 e. The standard InChI is InChI=1S/C32H35ClF2N6O2/c1-19(34)29(42)41-13-12-40(17-21(41)8-11-36)28-23-7-10-32(9-6-22-24(32)4-3-5-25(22)33)27(35)26(23)37-30(38-28)43-18-31-14-20(15-31)16-39(31)2/h3-5,20-21,27H,1,6-10,12-18H2,2H3/t20?,21-,27-,31?,32+/m0/s1. The van der Waals surface area contributed by atoms with Crippen molar-refractivity contribution in [2.45, 2.75) is 68.1 Å². The SMILES string of the molecule is C=C(F)C(=O)N1CCN(c2nc(OCC34CC(CN3C)C4)nc3c2CC[C@@]2(CCc4c(Cl)cccc42)[C@H]3F)C[C@@H]1CC#N. The lowest BCUT2D eigenvalue weighted by Gasteiger charge is -2.43. The van der Waals surface area contributed by atoms with Gasteiger partial charge in [0.1, 0.15) is 12.4 Å². The van der Waals surface area contributed by atoms with E-state index in [0.29, 0.717) is 61.3 Å². The zero-order valence-corrected chi connectivity index (χ0v) is 25.0. The molecule has 43 heavy (non-hydrogen) atoms. The van der Waals surface area contributed by atoms with Gasteiger partial charge in [0.2, 0.25) is 0 Å². The molecule has 3 atom stereocenters. The van der Waals surface area contributed by atoms with Gasteiger partial charge in [-0.15, -0.1) is 0 Å². The Morgan fingerprint density at radius 2 is 1.98 bits per heavy atom. The topological polar surface area (TPSA) is 85.6 Å². The molecule has 1 spiro atoms. The van der Waals surface area contributed by atoms with E-state index < -0.39 is 29.4 Å². The normalized spacial score (nSPS) is 30.9. The average Bonchev–Trinajstić information content (AvgIpc) is 3.62. The summed E-state index contributed by atoms with van der Waals surface area (Å²) in [6.45, 7) is 5.42. The Kier molecular flexibility index (Phi) is 6.90. The first-order chi connectivity index (χ1) is 20.7. The fourth-order valence-electron chi connectivity index (χ4n) is 8.48. The highest BCUT2D eigenvalue weighted by molar-refractivity contribution is 6.31. The molecule has 8 rings (SSSR count). The van der Waals surface area contributed by atoms with Crippen LogP contribution in [0.1, 0.15) is 60.7 Å². The third-order valence-electron chi connectivity index (χ3n) is 10.8. The van der Waals surface area contributed by atoms with Crippen LogP contribution in [0, 0.1) is 17.2 Å². The molecule has 2 aromatic rings. The summed E-state index contributed by atoms with van der Waals surface area (Å²) in [6.07, 6.45) is 3.29. The van der Waals surface area contributed by atoms with Gasteiger partial charge in [-0.2, -0.15) is 15.2 Å². The van der Waals surface area contributed by atoms with Crippen molar-refractivity contribution < 1.29 is 18.3 Å². The fourth-order valence-corrected chi connectivity index (χ4v) is 8.75. The lowest BCUT2D eigenvalue weighted by Crippen LogP contribution is -2.55. The monoisotopic (exact) mass is 608 g/mol. The summed E-state index contributed by atoms with van der Waals surface area (Å²) in [4.78, 5) is 27.8. The zero-order chi connectivity index (χ0) is 30.1. The molecule has 8 nitrogen and oxygen atoms in total. The van der Waals surface area contributed by atoms with Gasteiger partial charge in [-0.1, -0.05) is 30.3 Å². The highest BCUT2D eigenvalue weighted by atomic mass is 35.5. The molecule has 2 bridgehead atoms. The second kappa shape index (κ2) is 10.4. The Morgan fingerprint density at radius 3 is 2.67 bits per heavy atom. The van der Waals surface area contributed by atoms with Crippen molar-refractivity contribution in [3.63, 3.8) is 0 Å². The van der Waals surface area contributed by atoms with Gasteiger partial charge < -0.3 is 14.5 Å². The molecule has 226 valence electrons. The summed E-state index contributed by atoms with van der Waals surface area (Å²) >= 11 is 6.54. The highest BCUT2D eigenvalue weighted by Gasteiger charge is 2.55. The number of hydrogen-bond donors (Lipinski definition) is 0. The fraction of sp³-hybridized carbons (Fsp3) is 0.562. The van der Waals surface area contributed by atoms with E-state index in [1.165, 1.54) is 4.90 Å². The molecule has 1 saturated carbocycles. The van der Waals surface area contributed by atoms with E-state index in [2.05, 4.69) is 24.6 Å². The van der Waals surface area contributed by atoms with E-state index in [0.717, 1.165) is 36.1 Å². The lowest BCUT2D eigenvalue weighted by molar-refractivity contribution is -0.131. The van der Waals surface area contributed by atoms with Crippen LogP contribution in [0.15, 0.2) is 30.6 Å². The van der Waals surface area contributed by atoms with E-state index in [1.807, 2.05) is 23.1 Å². The molecule has 3 aliphatic carbocycles. The number of carbonyl (C=O) groups excluding carboxylic acids is 1. The number of halogens is 3. The van der Waals surface area contributed by atoms with E-state index in [1.54, 1.807) is 0 Å². The number of alkyl halides is 1. The molecule has 1 amide bonds. The number of benzene rings is 1. The Hall–Kier alpha value is -3.29. The van der Waals surface area contributed by atoms with Crippen LogP contribution in [-0.2, 0) is 23.1 Å². The maximum atomic E-state index is 17.1. The van der Waals surface area contributed by atoms with Crippen LogP contribution in [0.4, 0.5) is 14.6 Å². The van der Waals surface area contributed by atoms with Crippen molar-refractivity contribution >= 4 is 23.3 Å². The first-order valence-electron chi connectivity index (χ1n) is 15.1. The Labute approximate surface area is 255 Å². The van der Waals surface area contributed by atoms with Gasteiger partial charge in [-0.3, -0.25) is 9.69 Å². The van der Waals surface area contributed by atoms with E-state index in [-0.39, 0.29) is 31.1 Å². The molecule has 3 aliphatic heterocycles. The third-order valence-corrected chi connectivity index (χ3v) is 11.1. The highest BCUT2D eigenvalue weighted by Crippen LogP contribution is 2.57. The van der Waals surface area contributed by atoms with E-state index in [4.69, 9.17) is 26.3 Å². The number of rotatable bonds is 6. The quantitative estimate of drug-likeness (QED) is 0.433. The number of hydrogen-bond acceptors (Lipinski definition) is 7. The van der Waals surface area contributed by atoms with Crippen LogP contribution < -0.4 is 9.64 Å². The van der Waals surface area contributed by atoms with Crippen molar-refractivity contribution in [3.05, 3.63) is 58.0 Å². The Balaban J connectivity index is 1.25. The number of amides is 1. The molecular weight excluding hydrogens is 574 g/mol. The second-order valence-electron chi connectivity index (χ2n) is 13.0. The van der Waals surface area contributed by atoms with Gasteiger partial charge in [0.25, 0.3) is 5.91 Å². The molecule has 0 N–H and O–H groups in total. The van der Waals surface area contributed by atoms with Crippen LogP contribution in [0.25, 0.3) is 0 Å². The van der Waals surface area contributed by atoms with E-state index in [9.17, 15) is 14.4 Å². The van der Waals surface area contributed by atoms with Crippen LogP contribution in [0.5, 0.6) is 6.01 Å². The summed E-state index contributed by atoms with van der Waals surface area (Å²) in [7, 11) is 2.11. The zero-order valence-electron chi connectivity index (χ0n) is 24.3. The summed E-state index contributed by atoms with van der Waals surface area (Å²) < 4.78 is 37.2. The maximum absolute atomic E-state index is 17.1. The van der Waals surface area contributed by atoms with Gasteiger partial charge >= 0.3 is 6.01 Å². The molecule has 6 aliphatic rings. The van der Waals surface area contributed by atoms with Crippen molar-refractivity contribution in [1.82, 2.24) is 19.8 Å². The number of ether oxygens (including phenoxy) is 1. The molecule has 4 fully saturated rings. The van der Waals surface area contributed by atoms with Gasteiger partial charge in [-0.05, 0) is 68.7 Å². The van der Waals surface area contributed by atoms with Crippen molar-refractivity contribution in [2.24, 2.45) is 5.92 Å². The average molecular weight is 609 g/mol. The van der Waals surface area contributed by atoms with Gasteiger partial charge in [0, 0.05) is 42.2 Å². The molecule has 0 radical (unpaired) electrons. The maximum Gasteiger partial charge on any atom is 0.318 e. The Bertz CT molecular complexity index is 1540. The molecule has 3 saturated heterocycles. The number of nitrogens with zero attached hydrogens (tertiary/aromatic N) is 6. The number of anilines is 1. The molecule has 0 unspecified atom stereocenters. The third kappa shape index (κ3) is 4.41. The van der Waals surface area contributed by atoms with Crippen molar-refractivity contribution in [1.29, 1.82) is 5.26 Å². The minimum Gasteiger partial charge on any atom is -0.461 e. The first kappa shape index (κ1) is 28.5. The number of aromatic nitrogens is 2. The summed E-state index contributed by atoms with van der Waals surface area (Å²) in [5, 5.41) is 10.2. The molecule has 1 aromatic heterocycles. The molecular formula is C32H35ClF2N6O2. The summed E-state index contributed by atoms with van der Waals surface area (Å²) in [5.41, 5.74) is 2.28. The van der Waals surface area contributed by atoms with Crippen molar-refractivity contribution in [2.75, 3.05) is 44.7 Å². The van der Waals surface area contributed by atoms with Crippen LogP contribution in [-0.4, -0.2) is 77.1 Å². The molecule has 11 heteroatoms. The van der Waals surface area contributed by atoms with Gasteiger partial charge in [0.15, 0.2) is 12.0 Å². The van der Waals surface area contributed by atoms with Crippen LogP contribution >= 0.6 is 11.6 Å². The first-order valence-corrected chi connectivity index (χ1v) is 15.5. The number of nitriles is 1. The van der Waals surface area contributed by atoms with Crippen LogP contribution in [0.3, 0.4) is 0 Å². The number of likely N-dealkylation sites (N-methyl/N-ethyl adjacent to an activating group) is 1. The number of carbonyl (C=O) groups is 1. The minimum atomic E-state index is -1.38. The van der Waals surface area contributed by atoms with Gasteiger partial charge in [0.05, 0.1) is 29.8 Å². The predicted octanol–water partition coefficient (Wildman–Crippen LogP) is 4.86. The number of piperazine rings is 1. The van der Waals surface area contributed by atoms with Crippen molar-refractivity contribution in [3.8, 4) is 12.1 Å². The smallest absolute Gasteiger partial charge is 0.318 e. The minimum absolute atomic E-state index is 0.0224. The van der Waals surface area contributed by atoms with Crippen LogP contribution in [0.2, 0.25) is 5.02 Å². The molecule has 1 aromatic carbocycles.